The molecular weight excluding hydrogens is 356 g/mol. The van der Waals surface area contributed by atoms with Crippen LogP contribution in [0.1, 0.15) is 23.1 Å². The number of hydrogen-bond acceptors (Lipinski definition) is 4. The summed E-state index contributed by atoms with van der Waals surface area (Å²) in [5.41, 5.74) is 0.890. The third kappa shape index (κ3) is 3.09. The molecule has 28 heavy (non-hydrogen) atoms. The van der Waals surface area contributed by atoms with E-state index in [4.69, 9.17) is 0 Å². The van der Waals surface area contributed by atoms with E-state index in [-0.39, 0.29) is 18.0 Å². The zero-order chi connectivity index (χ0) is 19.7. The van der Waals surface area contributed by atoms with E-state index < -0.39 is 0 Å². The monoisotopic (exact) mass is 376 g/mol. The predicted molar refractivity (Wildman–Crippen MR) is 105 cm³/mol. The number of para-hydroxylation sites is 1. The van der Waals surface area contributed by atoms with E-state index in [1.807, 2.05) is 42.1 Å². The lowest BCUT2D eigenvalue weighted by Gasteiger charge is -2.20. The van der Waals surface area contributed by atoms with Crippen molar-refractivity contribution in [3.05, 3.63) is 76.7 Å². The van der Waals surface area contributed by atoms with Crippen molar-refractivity contribution >= 4 is 16.8 Å². The molecule has 3 heterocycles. The summed E-state index contributed by atoms with van der Waals surface area (Å²) in [4.78, 5) is 34.4. The number of benzene rings is 1. The predicted octanol–water partition coefficient (Wildman–Crippen LogP) is 2.11. The largest absolute Gasteiger partial charge is 0.331 e. The standard InChI is InChI=1S/C20H20N6O2/c1-3-25(13-17-22-16-9-5-4-8-14(16)18(27)23-17)20(28)15-12-21-24(2)19(15)26-10-6-7-11-26/h4-12H,3,13H2,1-2H3,(H,22,23,27). The van der Waals surface area contributed by atoms with Gasteiger partial charge in [-0.05, 0) is 31.2 Å². The molecule has 8 heteroatoms. The normalized spacial score (nSPS) is 11.1. The van der Waals surface area contributed by atoms with Gasteiger partial charge < -0.3 is 14.5 Å². The Morgan fingerprint density at radius 3 is 2.68 bits per heavy atom. The number of carbonyl (C=O) groups excluding carboxylic acids is 1. The number of fused-ring (bicyclic) bond motifs is 1. The zero-order valence-electron chi connectivity index (χ0n) is 15.7. The van der Waals surface area contributed by atoms with Crippen molar-refractivity contribution in [1.82, 2.24) is 29.2 Å². The fraction of sp³-hybridized carbons (Fsp3) is 0.200. The summed E-state index contributed by atoms with van der Waals surface area (Å²) in [7, 11) is 1.80. The summed E-state index contributed by atoms with van der Waals surface area (Å²) < 4.78 is 3.52. The van der Waals surface area contributed by atoms with Crippen LogP contribution in [0.5, 0.6) is 0 Å². The van der Waals surface area contributed by atoms with Gasteiger partial charge in [0.15, 0.2) is 0 Å². The lowest BCUT2D eigenvalue weighted by atomic mass is 10.2. The molecule has 0 spiro atoms. The van der Waals surface area contributed by atoms with Gasteiger partial charge in [0.1, 0.15) is 17.2 Å². The highest BCUT2D eigenvalue weighted by molar-refractivity contribution is 5.97. The van der Waals surface area contributed by atoms with E-state index in [1.54, 1.807) is 41.0 Å². The van der Waals surface area contributed by atoms with Crippen LogP contribution in [-0.2, 0) is 13.6 Å². The maximum Gasteiger partial charge on any atom is 0.259 e. The Labute approximate surface area is 161 Å². The van der Waals surface area contributed by atoms with Gasteiger partial charge in [0, 0.05) is 26.0 Å². The van der Waals surface area contributed by atoms with Gasteiger partial charge in [0.25, 0.3) is 11.5 Å². The maximum atomic E-state index is 13.2. The van der Waals surface area contributed by atoms with E-state index in [1.165, 1.54) is 0 Å². The molecule has 0 aliphatic heterocycles. The number of rotatable bonds is 5. The van der Waals surface area contributed by atoms with E-state index in [2.05, 4.69) is 15.1 Å². The van der Waals surface area contributed by atoms with Crippen molar-refractivity contribution in [2.24, 2.45) is 7.05 Å². The van der Waals surface area contributed by atoms with Crippen LogP contribution in [0, 0.1) is 0 Å². The fourth-order valence-corrected chi connectivity index (χ4v) is 3.25. The van der Waals surface area contributed by atoms with Crippen molar-refractivity contribution in [1.29, 1.82) is 0 Å². The lowest BCUT2D eigenvalue weighted by Crippen LogP contribution is -2.32. The molecule has 0 bridgehead atoms. The summed E-state index contributed by atoms with van der Waals surface area (Å²) in [6, 6.07) is 10.9. The van der Waals surface area contributed by atoms with Crippen LogP contribution in [0.25, 0.3) is 16.7 Å². The highest BCUT2D eigenvalue weighted by Crippen LogP contribution is 2.17. The van der Waals surface area contributed by atoms with Crippen molar-refractivity contribution < 1.29 is 4.79 Å². The molecule has 142 valence electrons. The maximum absolute atomic E-state index is 13.2. The number of amides is 1. The third-order valence-electron chi connectivity index (χ3n) is 4.66. The van der Waals surface area contributed by atoms with Crippen LogP contribution in [-0.4, -0.2) is 41.7 Å². The van der Waals surface area contributed by atoms with Crippen LogP contribution >= 0.6 is 0 Å². The SMILES string of the molecule is CCN(Cc1nc2ccccc2c(=O)[nH]1)C(=O)c1cnn(C)c1-n1cccc1. The second-order valence-electron chi connectivity index (χ2n) is 6.44. The molecule has 0 radical (unpaired) electrons. The molecule has 1 amide bonds. The number of aromatic nitrogens is 5. The molecule has 0 aliphatic rings. The summed E-state index contributed by atoms with van der Waals surface area (Å²) in [5, 5.41) is 4.78. The number of aryl methyl sites for hydroxylation is 1. The van der Waals surface area contributed by atoms with Crippen LogP contribution in [0.3, 0.4) is 0 Å². The number of nitrogens with one attached hydrogen (secondary N) is 1. The summed E-state index contributed by atoms with van der Waals surface area (Å²) in [5.74, 6) is 0.967. The molecule has 1 aromatic carbocycles. The minimum absolute atomic E-state index is 0.171. The molecule has 1 N–H and O–H groups in total. The number of hydrogen-bond donors (Lipinski definition) is 1. The van der Waals surface area contributed by atoms with E-state index >= 15 is 0 Å². The molecule has 0 fully saturated rings. The summed E-state index contributed by atoms with van der Waals surface area (Å²) >= 11 is 0. The van der Waals surface area contributed by atoms with Crippen LogP contribution in [0.4, 0.5) is 0 Å². The molecule has 4 rings (SSSR count). The van der Waals surface area contributed by atoms with E-state index in [9.17, 15) is 9.59 Å². The third-order valence-corrected chi connectivity index (χ3v) is 4.66. The Morgan fingerprint density at radius 1 is 1.18 bits per heavy atom. The van der Waals surface area contributed by atoms with Gasteiger partial charge in [0.2, 0.25) is 0 Å². The molecule has 3 aromatic heterocycles. The number of H-pyrrole nitrogens is 1. The molecule has 0 saturated heterocycles. The van der Waals surface area contributed by atoms with Gasteiger partial charge in [-0.25, -0.2) is 4.98 Å². The molecule has 0 saturated carbocycles. The highest BCUT2D eigenvalue weighted by Gasteiger charge is 2.23. The first-order valence-electron chi connectivity index (χ1n) is 9.01. The van der Waals surface area contributed by atoms with Crippen LogP contribution in [0.15, 0.2) is 59.8 Å². The Balaban J connectivity index is 1.67. The fourth-order valence-electron chi connectivity index (χ4n) is 3.25. The van der Waals surface area contributed by atoms with Crippen molar-refractivity contribution in [3.63, 3.8) is 0 Å². The lowest BCUT2D eigenvalue weighted by molar-refractivity contribution is 0.0748. The average Bonchev–Trinajstić information content (AvgIpc) is 3.35. The topological polar surface area (TPSA) is 88.8 Å². The van der Waals surface area contributed by atoms with Gasteiger partial charge in [0.05, 0.1) is 23.6 Å². The molecule has 8 nitrogen and oxygen atoms in total. The Bertz CT molecular complexity index is 1190. The molecule has 4 aromatic rings. The second kappa shape index (κ2) is 7.15. The van der Waals surface area contributed by atoms with E-state index in [0.717, 1.165) is 0 Å². The number of nitrogens with zero attached hydrogens (tertiary/aromatic N) is 5. The molecule has 0 aliphatic carbocycles. The number of carbonyl (C=O) groups is 1. The minimum Gasteiger partial charge on any atom is -0.331 e. The van der Waals surface area contributed by atoms with Gasteiger partial charge in [-0.3, -0.25) is 14.3 Å². The van der Waals surface area contributed by atoms with Crippen molar-refractivity contribution in [2.45, 2.75) is 13.5 Å². The number of aromatic amines is 1. The zero-order valence-corrected chi connectivity index (χ0v) is 15.7. The van der Waals surface area contributed by atoms with Gasteiger partial charge in [-0.1, -0.05) is 12.1 Å². The summed E-state index contributed by atoms with van der Waals surface area (Å²) in [6.07, 6.45) is 5.30. The highest BCUT2D eigenvalue weighted by atomic mass is 16.2. The second-order valence-corrected chi connectivity index (χ2v) is 6.44. The van der Waals surface area contributed by atoms with E-state index in [0.29, 0.717) is 34.7 Å². The van der Waals surface area contributed by atoms with Gasteiger partial charge in [-0.15, -0.1) is 0 Å². The first kappa shape index (κ1) is 17.7. The van der Waals surface area contributed by atoms with Gasteiger partial charge >= 0.3 is 0 Å². The van der Waals surface area contributed by atoms with Gasteiger partial charge in [-0.2, -0.15) is 5.10 Å². The quantitative estimate of drug-likeness (QED) is 0.578. The first-order valence-corrected chi connectivity index (χ1v) is 9.01. The first-order chi connectivity index (χ1) is 13.6. The summed E-state index contributed by atoms with van der Waals surface area (Å²) in [6.45, 7) is 2.56. The van der Waals surface area contributed by atoms with Crippen molar-refractivity contribution in [3.8, 4) is 5.82 Å². The van der Waals surface area contributed by atoms with Crippen molar-refractivity contribution in [2.75, 3.05) is 6.54 Å². The van der Waals surface area contributed by atoms with Crippen LogP contribution < -0.4 is 5.56 Å². The smallest absolute Gasteiger partial charge is 0.259 e. The Kier molecular flexibility index (Phi) is 4.52. The average molecular weight is 376 g/mol. The minimum atomic E-state index is -0.210. The molecule has 0 atom stereocenters. The van der Waals surface area contributed by atoms with Crippen LogP contribution in [0.2, 0.25) is 0 Å². The Morgan fingerprint density at radius 2 is 1.93 bits per heavy atom. The Hall–Kier alpha value is -3.68. The molecule has 0 unspecified atom stereocenters. The molecular formula is C20H20N6O2.